The topological polar surface area (TPSA) is 33.6 Å². The molecule has 19 heavy (non-hydrogen) atoms. The molecule has 0 unspecified atom stereocenters. The van der Waals surface area contributed by atoms with Gasteiger partial charge in [0.2, 0.25) is 0 Å². The van der Waals surface area contributed by atoms with E-state index in [1.807, 2.05) is 19.2 Å². The molecule has 0 spiro atoms. The van der Waals surface area contributed by atoms with Crippen LogP contribution in [0.1, 0.15) is 16.8 Å². The summed E-state index contributed by atoms with van der Waals surface area (Å²) in [5, 5.41) is 0. The molecule has 0 fully saturated rings. The highest BCUT2D eigenvalue weighted by atomic mass is 32.1. The predicted molar refractivity (Wildman–Crippen MR) is 79.9 cm³/mol. The summed E-state index contributed by atoms with van der Waals surface area (Å²) in [7, 11) is 0. The zero-order valence-electron chi connectivity index (χ0n) is 11.0. The van der Waals surface area contributed by atoms with E-state index in [0.717, 1.165) is 33.6 Å². The normalized spacial score (nSPS) is 11.1. The van der Waals surface area contributed by atoms with E-state index in [-0.39, 0.29) is 0 Å². The Morgan fingerprint density at radius 2 is 2.05 bits per heavy atom. The van der Waals surface area contributed by atoms with Crippen LogP contribution in [0.4, 0.5) is 0 Å². The summed E-state index contributed by atoms with van der Waals surface area (Å²) in [5.41, 5.74) is 5.64. The van der Waals surface area contributed by atoms with Gasteiger partial charge in [-0.15, -0.1) is 0 Å². The van der Waals surface area contributed by atoms with Crippen molar-refractivity contribution in [2.24, 2.45) is 0 Å². The molecule has 1 N–H and O–H groups in total. The first-order valence-electron chi connectivity index (χ1n) is 6.24. The van der Waals surface area contributed by atoms with Crippen LogP contribution in [-0.4, -0.2) is 14.5 Å². The average Bonchev–Trinajstić information content (AvgIpc) is 2.69. The highest BCUT2D eigenvalue weighted by Gasteiger charge is 2.05. The van der Waals surface area contributed by atoms with Gasteiger partial charge in [-0.25, -0.2) is 0 Å². The molecule has 3 aromatic rings. The number of benzene rings is 1. The van der Waals surface area contributed by atoms with Crippen molar-refractivity contribution in [1.82, 2.24) is 14.5 Å². The largest absolute Gasteiger partial charge is 0.331 e. The zero-order chi connectivity index (χ0) is 13.4. The molecule has 0 saturated carbocycles. The van der Waals surface area contributed by atoms with Crippen LogP contribution in [-0.2, 0) is 6.54 Å². The molecule has 0 radical (unpaired) electrons. The van der Waals surface area contributed by atoms with Gasteiger partial charge in [-0.2, -0.15) is 0 Å². The number of hydrogen-bond donors (Lipinski definition) is 1. The summed E-state index contributed by atoms with van der Waals surface area (Å²) in [6.07, 6.45) is 1.91. The molecule has 2 aromatic heterocycles. The van der Waals surface area contributed by atoms with Crippen LogP contribution < -0.4 is 0 Å². The number of aryl methyl sites for hydroxylation is 2. The van der Waals surface area contributed by atoms with Crippen LogP contribution in [0.2, 0.25) is 0 Å². The number of aromatic amines is 1. The Kier molecular flexibility index (Phi) is 2.95. The third kappa shape index (κ3) is 2.31. The fourth-order valence-electron chi connectivity index (χ4n) is 2.19. The number of hydrogen-bond acceptors (Lipinski definition) is 2. The van der Waals surface area contributed by atoms with E-state index in [0.29, 0.717) is 0 Å². The Hall–Kier alpha value is -1.94. The average molecular weight is 269 g/mol. The van der Waals surface area contributed by atoms with Crippen molar-refractivity contribution in [2.45, 2.75) is 20.4 Å². The minimum Gasteiger partial charge on any atom is -0.331 e. The van der Waals surface area contributed by atoms with Crippen molar-refractivity contribution < 1.29 is 0 Å². The van der Waals surface area contributed by atoms with E-state index in [1.165, 1.54) is 5.56 Å². The summed E-state index contributed by atoms with van der Waals surface area (Å²) in [6.45, 7) is 4.83. The Labute approximate surface area is 116 Å². The lowest BCUT2D eigenvalue weighted by Gasteiger charge is -2.05. The predicted octanol–water partition coefficient (Wildman–Crippen LogP) is 3.76. The summed E-state index contributed by atoms with van der Waals surface area (Å²) in [6, 6.07) is 10.4. The summed E-state index contributed by atoms with van der Waals surface area (Å²) < 4.78 is 2.87. The Bertz CT molecular complexity index is 781. The van der Waals surface area contributed by atoms with E-state index in [1.54, 1.807) is 0 Å². The second kappa shape index (κ2) is 4.63. The minimum atomic E-state index is 0.746. The van der Waals surface area contributed by atoms with Crippen LogP contribution in [0.25, 0.3) is 11.0 Å². The second-order valence-electron chi connectivity index (χ2n) is 4.84. The summed E-state index contributed by atoms with van der Waals surface area (Å²) in [4.78, 5) is 7.57. The van der Waals surface area contributed by atoms with Crippen LogP contribution >= 0.6 is 12.2 Å². The number of rotatable bonds is 2. The van der Waals surface area contributed by atoms with Crippen molar-refractivity contribution in [2.75, 3.05) is 0 Å². The number of aromatic nitrogens is 3. The molecule has 0 bridgehead atoms. The van der Waals surface area contributed by atoms with E-state index in [2.05, 4.69) is 45.7 Å². The van der Waals surface area contributed by atoms with Gasteiger partial charge in [0, 0.05) is 11.9 Å². The number of nitrogens with zero attached hydrogens (tertiary/aromatic N) is 2. The van der Waals surface area contributed by atoms with Crippen LogP contribution in [0.15, 0.2) is 36.5 Å². The molecule has 3 rings (SSSR count). The Balaban J connectivity index is 2.09. The molecule has 2 heterocycles. The molecule has 0 atom stereocenters. The van der Waals surface area contributed by atoms with Crippen molar-refractivity contribution >= 4 is 23.3 Å². The molecule has 0 aliphatic heterocycles. The third-order valence-corrected chi connectivity index (χ3v) is 3.57. The molecule has 96 valence electrons. The molecule has 0 amide bonds. The first-order valence-corrected chi connectivity index (χ1v) is 6.65. The summed E-state index contributed by atoms with van der Waals surface area (Å²) >= 11 is 5.41. The van der Waals surface area contributed by atoms with Gasteiger partial charge in [0.15, 0.2) is 4.77 Å². The maximum absolute atomic E-state index is 5.41. The van der Waals surface area contributed by atoms with Crippen LogP contribution in [0, 0.1) is 18.6 Å². The SMILES string of the molecule is Cc1ccc2[nH]c(=S)n(Cc3ccc(C)nc3)c2c1. The number of nitrogens with one attached hydrogen (secondary N) is 1. The van der Waals surface area contributed by atoms with E-state index >= 15 is 0 Å². The van der Waals surface area contributed by atoms with Crippen molar-refractivity contribution in [3.63, 3.8) is 0 Å². The van der Waals surface area contributed by atoms with Gasteiger partial charge in [0.05, 0.1) is 17.6 Å². The maximum atomic E-state index is 5.41. The fraction of sp³-hybridized carbons (Fsp3) is 0.200. The number of imidazole rings is 1. The zero-order valence-corrected chi connectivity index (χ0v) is 11.8. The lowest BCUT2D eigenvalue weighted by Crippen LogP contribution is -2.00. The molecular formula is C15H15N3S. The molecular weight excluding hydrogens is 254 g/mol. The van der Waals surface area contributed by atoms with Crippen molar-refractivity contribution in [3.8, 4) is 0 Å². The highest BCUT2D eigenvalue weighted by Crippen LogP contribution is 2.17. The molecule has 0 saturated heterocycles. The monoisotopic (exact) mass is 269 g/mol. The van der Waals surface area contributed by atoms with Crippen LogP contribution in [0.5, 0.6) is 0 Å². The van der Waals surface area contributed by atoms with E-state index in [4.69, 9.17) is 12.2 Å². The van der Waals surface area contributed by atoms with E-state index < -0.39 is 0 Å². The van der Waals surface area contributed by atoms with Crippen molar-refractivity contribution in [3.05, 3.63) is 58.1 Å². The van der Waals surface area contributed by atoms with E-state index in [9.17, 15) is 0 Å². The number of H-pyrrole nitrogens is 1. The van der Waals surface area contributed by atoms with Crippen LogP contribution in [0.3, 0.4) is 0 Å². The molecule has 4 heteroatoms. The Morgan fingerprint density at radius 1 is 1.21 bits per heavy atom. The molecule has 1 aromatic carbocycles. The standard InChI is InChI=1S/C15H15N3S/c1-10-3-6-13-14(7-10)18(15(19)17-13)9-12-5-4-11(2)16-8-12/h3-8H,9H2,1-2H3,(H,17,19). The fourth-order valence-corrected chi connectivity index (χ4v) is 2.47. The van der Waals surface area contributed by atoms with Gasteiger partial charge in [-0.3, -0.25) is 4.98 Å². The minimum absolute atomic E-state index is 0.746. The Morgan fingerprint density at radius 3 is 2.79 bits per heavy atom. The smallest absolute Gasteiger partial charge is 0.178 e. The third-order valence-electron chi connectivity index (χ3n) is 3.24. The second-order valence-corrected chi connectivity index (χ2v) is 5.23. The molecule has 0 aliphatic rings. The van der Waals surface area contributed by atoms with Gasteiger partial charge in [0.1, 0.15) is 0 Å². The molecule has 0 aliphatic carbocycles. The van der Waals surface area contributed by atoms with Gasteiger partial charge >= 0.3 is 0 Å². The quantitative estimate of drug-likeness (QED) is 0.719. The number of pyridine rings is 1. The summed E-state index contributed by atoms with van der Waals surface area (Å²) in [5.74, 6) is 0. The van der Waals surface area contributed by atoms with Gasteiger partial charge in [-0.1, -0.05) is 12.1 Å². The maximum Gasteiger partial charge on any atom is 0.178 e. The van der Waals surface area contributed by atoms with Crippen molar-refractivity contribution in [1.29, 1.82) is 0 Å². The lowest BCUT2D eigenvalue weighted by molar-refractivity contribution is 0.804. The van der Waals surface area contributed by atoms with Gasteiger partial charge < -0.3 is 9.55 Å². The number of fused-ring (bicyclic) bond motifs is 1. The molecule has 3 nitrogen and oxygen atoms in total. The van der Waals surface area contributed by atoms with Gasteiger partial charge in [-0.05, 0) is 55.4 Å². The first-order chi connectivity index (χ1) is 9.13. The highest BCUT2D eigenvalue weighted by molar-refractivity contribution is 7.71. The first kappa shape index (κ1) is 12.1. The van der Waals surface area contributed by atoms with Gasteiger partial charge in [0.25, 0.3) is 0 Å². The lowest BCUT2D eigenvalue weighted by atomic mass is 10.2.